The molecule has 1 saturated carbocycles. The summed E-state index contributed by atoms with van der Waals surface area (Å²) in [6.45, 7) is 2.06. The molecule has 2 heterocycles. The van der Waals surface area contributed by atoms with Crippen molar-refractivity contribution in [3.8, 4) is 11.8 Å². The first kappa shape index (κ1) is 27.7. The topological polar surface area (TPSA) is 61.2 Å². The summed E-state index contributed by atoms with van der Waals surface area (Å²) in [7, 11) is 0. The Kier molecular flexibility index (Phi) is 9.19. The molecule has 0 bridgehead atoms. The molecule has 1 aliphatic heterocycles. The lowest BCUT2D eigenvalue weighted by Crippen LogP contribution is -2.44. The number of allylic oxidation sites excluding steroid dienone is 1. The number of pyridine rings is 1. The van der Waals surface area contributed by atoms with E-state index in [0.29, 0.717) is 27.4 Å². The molecule has 2 aromatic rings. The van der Waals surface area contributed by atoms with Crippen molar-refractivity contribution < 1.29 is 26.7 Å². The van der Waals surface area contributed by atoms with E-state index < -0.39 is 24.9 Å². The Balaban J connectivity index is 0.00000176. The highest BCUT2D eigenvalue weighted by Crippen LogP contribution is 2.46. The van der Waals surface area contributed by atoms with Crippen LogP contribution in [0.3, 0.4) is 0 Å². The second-order valence-electron chi connectivity index (χ2n) is 8.09. The molecule has 1 fully saturated rings. The molecular formula is C25H27F5N4OS. The third-order valence-electron chi connectivity index (χ3n) is 5.88. The van der Waals surface area contributed by atoms with Crippen LogP contribution in [0.1, 0.15) is 57.3 Å². The molecule has 36 heavy (non-hydrogen) atoms. The standard InChI is InChI=1S/C23H21F5N4OS.C2H6/c1-13(23(26,27)28)31-34-17-6-8-19(30-12-17)21-9-14(11-29)18-7-5-16(33-22(24)25)10-20(18)32(21)15-3-2-4-15;1-2/h5-10,12-13,15,21-22,31H,2-4H2,1H3;1-2H3/t13-,21?;/m0./s1. The number of hydrogen-bond donors (Lipinski definition) is 1. The fourth-order valence-corrected chi connectivity index (χ4v) is 4.56. The largest absolute Gasteiger partial charge is 0.435 e. The first-order chi connectivity index (χ1) is 17.2. The van der Waals surface area contributed by atoms with E-state index in [1.165, 1.54) is 18.3 Å². The van der Waals surface area contributed by atoms with Crippen molar-refractivity contribution in [3.63, 3.8) is 0 Å². The predicted molar refractivity (Wildman–Crippen MR) is 130 cm³/mol. The zero-order valence-corrected chi connectivity index (χ0v) is 20.8. The fraction of sp³-hybridized carbons (Fsp3) is 0.440. The van der Waals surface area contributed by atoms with Crippen molar-refractivity contribution in [2.45, 2.75) is 75.8 Å². The van der Waals surface area contributed by atoms with Crippen LogP contribution < -0.4 is 14.4 Å². The molecular weight excluding hydrogens is 499 g/mol. The highest BCUT2D eigenvalue weighted by molar-refractivity contribution is 7.97. The van der Waals surface area contributed by atoms with Crippen LogP contribution in [0.2, 0.25) is 0 Å². The van der Waals surface area contributed by atoms with Crippen LogP contribution in [0.15, 0.2) is 47.5 Å². The molecule has 0 spiro atoms. The number of alkyl halides is 5. The van der Waals surface area contributed by atoms with Crippen LogP contribution >= 0.6 is 11.9 Å². The van der Waals surface area contributed by atoms with Crippen LogP contribution in [0.25, 0.3) is 5.57 Å². The van der Waals surface area contributed by atoms with Gasteiger partial charge in [0.25, 0.3) is 0 Å². The Bertz CT molecular complexity index is 1100. The predicted octanol–water partition coefficient (Wildman–Crippen LogP) is 7.28. The van der Waals surface area contributed by atoms with Crippen molar-refractivity contribution in [3.05, 3.63) is 53.9 Å². The average molecular weight is 527 g/mol. The second kappa shape index (κ2) is 11.9. The van der Waals surface area contributed by atoms with Gasteiger partial charge in [-0.15, -0.1) is 0 Å². The van der Waals surface area contributed by atoms with E-state index in [2.05, 4.69) is 25.4 Å². The molecule has 1 N–H and O–H groups in total. The molecule has 1 aliphatic carbocycles. The number of hydrogen-bond acceptors (Lipinski definition) is 6. The lowest BCUT2D eigenvalue weighted by atomic mass is 9.85. The zero-order chi connectivity index (χ0) is 26.5. The fourth-order valence-electron chi connectivity index (χ4n) is 3.87. The molecule has 5 nitrogen and oxygen atoms in total. The number of rotatable bonds is 7. The first-order valence-electron chi connectivity index (χ1n) is 11.6. The third-order valence-corrected chi connectivity index (χ3v) is 6.83. The van der Waals surface area contributed by atoms with Gasteiger partial charge in [0.15, 0.2) is 0 Å². The highest BCUT2D eigenvalue weighted by atomic mass is 32.2. The van der Waals surface area contributed by atoms with Gasteiger partial charge < -0.3 is 9.64 Å². The zero-order valence-electron chi connectivity index (χ0n) is 20.0. The molecule has 0 radical (unpaired) electrons. The van der Waals surface area contributed by atoms with Gasteiger partial charge in [-0.1, -0.05) is 13.8 Å². The van der Waals surface area contributed by atoms with E-state index in [4.69, 9.17) is 0 Å². The van der Waals surface area contributed by atoms with Crippen molar-refractivity contribution in [1.29, 1.82) is 5.26 Å². The van der Waals surface area contributed by atoms with Crippen molar-refractivity contribution in [2.24, 2.45) is 0 Å². The normalized spacial score (nSPS) is 18.3. The minimum absolute atomic E-state index is 0.000536. The number of ether oxygens (including phenoxy) is 1. The van der Waals surface area contributed by atoms with E-state index in [-0.39, 0.29) is 11.8 Å². The summed E-state index contributed by atoms with van der Waals surface area (Å²) >= 11 is 0.833. The summed E-state index contributed by atoms with van der Waals surface area (Å²) in [6, 6.07) is 8.07. The van der Waals surface area contributed by atoms with Crippen LogP contribution in [0.4, 0.5) is 27.6 Å². The summed E-state index contributed by atoms with van der Waals surface area (Å²) in [6.07, 6.45) is 1.73. The van der Waals surface area contributed by atoms with E-state index in [0.717, 1.165) is 38.1 Å². The maximum Gasteiger partial charge on any atom is 0.404 e. The average Bonchev–Trinajstić information content (AvgIpc) is 2.82. The maximum atomic E-state index is 12.8. The second-order valence-corrected chi connectivity index (χ2v) is 9.00. The summed E-state index contributed by atoms with van der Waals surface area (Å²) in [5, 5.41) is 9.73. The Hall–Kier alpha value is -2.84. The number of fused-ring (bicyclic) bond motifs is 1. The summed E-state index contributed by atoms with van der Waals surface area (Å²) in [5.74, 6) is 0.000536. The maximum absolute atomic E-state index is 12.8. The molecule has 0 amide bonds. The monoisotopic (exact) mass is 526 g/mol. The van der Waals surface area contributed by atoms with Crippen molar-refractivity contribution in [1.82, 2.24) is 9.71 Å². The van der Waals surface area contributed by atoms with E-state index in [9.17, 15) is 27.2 Å². The van der Waals surface area contributed by atoms with Gasteiger partial charge in [0, 0.05) is 28.8 Å². The Morgan fingerprint density at radius 3 is 2.44 bits per heavy atom. The SMILES string of the molecule is CC.C[C@H](NSc1ccc(C2C=C(C#N)c3ccc(OC(F)F)cc3N2C2CCC2)nc1)C(F)(F)F. The number of nitriles is 1. The molecule has 2 atom stereocenters. The van der Waals surface area contributed by atoms with E-state index >= 15 is 0 Å². The number of halogens is 5. The minimum Gasteiger partial charge on any atom is -0.435 e. The molecule has 2 aliphatic rings. The first-order valence-corrected chi connectivity index (χ1v) is 12.4. The molecule has 1 unspecified atom stereocenters. The smallest absolute Gasteiger partial charge is 0.404 e. The van der Waals surface area contributed by atoms with Gasteiger partial charge in [-0.2, -0.15) is 27.2 Å². The van der Waals surface area contributed by atoms with Crippen molar-refractivity contribution in [2.75, 3.05) is 4.90 Å². The van der Waals surface area contributed by atoms with Gasteiger partial charge in [0.2, 0.25) is 0 Å². The van der Waals surface area contributed by atoms with Crippen molar-refractivity contribution >= 4 is 23.2 Å². The molecule has 4 rings (SSSR count). The highest BCUT2D eigenvalue weighted by Gasteiger charge is 2.37. The summed E-state index contributed by atoms with van der Waals surface area (Å²) < 4.78 is 70.7. The molecule has 0 saturated heterocycles. The quantitative estimate of drug-likeness (QED) is 0.302. The van der Waals surface area contributed by atoms with Gasteiger partial charge >= 0.3 is 12.8 Å². The molecule has 1 aromatic carbocycles. The number of nitrogens with one attached hydrogen (secondary N) is 1. The Labute approximate surface area is 211 Å². The summed E-state index contributed by atoms with van der Waals surface area (Å²) in [4.78, 5) is 7.03. The van der Waals surface area contributed by atoms with Crippen LogP contribution in [0.5, 0.6) is 5.75 Å². The van der Waals surface area contributed by atoms with Crippen LogP contribution in [-0.4, -0.2) is 29.9 Å². The van der Waals surface area contributed by atoms with Crippen LogP contribution in [0, 0.1) is 11.3 Å². The van der Waals surface area contributed by atoms with Gasteiger partial charge in [0.1, 0.15) is 11.8 Å². The van der Waals surface area contributed by atoms with E-state index in [1.54, 1.807) is 24.3 Å². The molecule has 194 valence electrons. The molecule has 1 aromatic heterocycles. The number of benzene rings is 1. The van der Waals surface area contributed by atoms with E-state index in [1.807, 2.05) is 13.8 Å². The lowest BCUT2D eigenvalue weighted by molar-refractivity contribution is -0.146. The third kappa shape index (κ3) is 6.28. The Morgan fingerprint density at radius 1 is 1.19 bits per heavy atom. The number of nitrogens with zero attached hydrogens (tertiary/aromatic N) is 3. The van der Waals surface area contributed by atoms with Gasteiger partial charge in [0.05, 0.1) is 29.1 Å². The number of aromatic nitrogens is 1. The van der Waals surface area contributed by atoms with Gasteiger partial charge in [-0.3, -0.25) is 4.98 Å². The minimum atomic E-state index is -4.36. The Morgan fingerprint density at radius 2 is 1.92 bits per heavy atom. The number of anilines is 1. The molecule has 11 heteroatoms. The van der Waals surface area contributed by atoms with Crippen LogP contribution in [-0.2, 0) is 0 Å². The van der Waals surface area contributed by atoms with Gasteiger partial charge in [-0.25, -0.2) is 4.72 Å². The lowest BCUT2D eigenvalue weighted by Gasteiger charge is -2.45. The summed E-state index contributed by atoms with van der Waals surface area (Å²) in [5.41, 5.74) is 2.23. The van der Waals surface area contributed by atoms with Gasteiger partial charge in [-0.05, 0) is 68.5 Å².